The third-order valence-corrected chi connectivity index (χ3v) is 9.50. The third-order valence-electron chi connectivity index (χ3n) is 9.50. The molecule has 8 nitrogen and oxygen atoms in total. The van der Waals surface area contributed by atoms with E-state index >= 15 is 4.39 Å². The first kappa shape index (κ1) is 33.5. The van der Waals surface area contributed by atoms with Crippen LogP contribution in [0, 0.1) is 12.7 Å². The Hall–Kier alpha value is -4.37. The largest absolute Gasteiger partial charge is 0.491 e. The maximum absolute atomic E-state index is 15.1. The number of hydrogen-bond acceptors (Lipinski definition) is 5. The Morgan fingerprint density at radius 2 is 1.81 bits per heavy atom. The number of alkyl carbamates (subject to hydrolysis) is 1. The number of aryl methyl sites for hydroxylation is 1. The summed E-state index contributed by atoms with van der Waals surface area (Å²) in [6.45, 7) is 9.63. The second-order valence-electron chi connectivity index (χ2n) is 14.2. The zero-order valence-electron chi connectivity index (χ0n) is 28.4. The molecule has 254 valence electrons. The smallest absolute Gasteiger partial charge is 0.407 e. The number of nitrogens with one attached hydrogen (secondary N) is 1. The Labute approximate surface area is 281 Å². The Balaban J connectivity index is 1.48. The summed E-state index contributed by atoms with van der Waals surface area (Å²) in [4.78, 5) is 27.1. The summed E-state index contributed by atoms with van der Waals surface area (Å²) in [7, 11) is 0. The van der Waals surface area contributed by atoms with Crippen LogP contribution in [-0.4, -0.2) is 58.0 Å². The van der Waals surface area contributed by atoms with Crippen LogP contribution in [0.25, 0.3) is 22.2 Å². The van der Waals surface area contributed by atoms with Crippen molar-refractivity contribution in [3.63, 3.8) is 0 Å². The molecular weight excluding hydrogens is 609 g/mol. The molecule has 2 heterocycles. The highest BCUT2D eigenvalue weighted by Crippen LogP contribution is 2.48. The molecule has 4 aromatic rings. The van der Waals surface area contributed by atoms with Crippen LogP contribution in [0.1, 0.15) is 85.8 Å². The fourth-order valence-corrected chi connectivity index (χ4v) is 7.40. The highest BCUT2D eigenvalue weighted by atomic mass is 19.1. The van der Waals surface area contributed by atoms with E-state index in [-0.39, 0.29) is 24.0 Å². The molecule has 1 amide bonds. The van der Waals surface area contributed by atoms with E-state index in [1.165, 1.54) is 18.1 Å². The van der Waals surface area contributed by atoms with Gasteiger partial charge >= 0.3 is 12.1 Å². The first-order valence-corrected chi connectivity index (χ1v) is 17.1. The third kappa shape index (κ3) is 7.36. The first-order valence-electron chi connectivity index (χ1n) is 17.1. The minimum absolute atomic E-state index is 0.204. The number of aromatic nitrogens is 1. The summed E-state index contributed by atoms with van der Waals surface area (Å²) in [5.41, 5.74) is 5.42. The highest BCUT2D eigenvalue weighted by molar-refractivity contribution is 5.99. The second-order valence-corrected chi connectivity index (χ2v) is 14.2. The van der Waals surface area contributed by atoms with Gasteiger partial charge in [-0.2, -0.15) is 0 Å². The van der Waals surface area contributed by atoms with Gasteiger partial charge in [-0.1, -0.05) is 55.7 Å². The van der Waals surface area contributed by atoms with E-state index in [0.29, 0.717) is 37.8 Å². The standard InChI is InChI=1S/C39H46FN3O5/c1-25-19-29(40)21-33-34(25)36-35(27-13-9-6-10-14-27)31-16-15-28(37(44)45)20-32(31)43(36)23-30(24-47-33)42(22-26-11-7-5-8-12-26)18-17-41-38(46)48-39(2,3)4/h5,7-8,11-12,15-16,19-21,27,30H,6,9-10,13-14,17-18,22-24H2,1-4H3,(H,41,46)(H,44,45)/t30-/m1/s1. The summed E-state index contributed by atoms with van der Waals surface area (Å²) in [5, 5.41) is 14.0. The van der Waals surface area contributed by atoms with Crippen LogP contribution in [-0.2, 0) is 17.8 Å². The summed E-state index contributed by atoms with van der Waals surface area (Å²) in [6, 6.07) is 18.4. The molecule has 1 aliphatic carbocycles. The van der Waals surface area contributed by atoms with Crippen molar-refractivity contribution >= 4 is 23.0 Å². The Bertz CT molecular complexity index is 1790. The van der Waals surface area contributed by atoms with E-state index in [2.05, 4.69) is 26.9 Å². The maximum atomic E-state index is 15.1. The normalized spacial score (nSPS) is 16.8. The molecule has 0 spiro atoms. The SMILES string of the molecule is Cc1cc(F)cc2c1-c1c(C3CCCCC3)c3ccc(C(=O)O)cc3n1C[C@@H](N(CCNC(=O)OC(C)(C)C)Cc1ccccc1)CO2. The van der Waals surface area contributed by atoms with Crippen molar-refractivity contribution in [2.75, 3.05) is 19.7 Å². The summed E-state index contributed by atoms with van der Waals surface area (Å²) >= 11 is 0. The average molecular weight is 656 g/mol. The molecule has 1 atom stereocenters. The van der Waals surface area contributed by atoms with Gasteiger partial charge in [-0.05, 0) is 81.3 Å². The number of benzene rings is 3. The number of amides is 1. The number of rotatable bonds is 8. The van der Waals surface area contributed by atoms with E-state index in [4.69, 9.17) is 9.47 Å². The van der Waals surface area contributed by atoms with Crippen molar-refractivity contribution in [1.82, 2.24) is 14.8 Å². The van der Waals surface area contributed by atoms with Gasteiger partial charge in [-0.15, -0.1) is 0 Å². The number of halogens is 1. The van der Waals surface area contributed by atoms with Crippen LogP contribution in [0.5, 0.6) is 5.75 Å². The molecule has 1 saturated carbocycles. The van der Waals surface area contributed by atoms with E-state index in [1.807, 2.05) is 52.0 Å². The molecular formula is C39H46FN3O5. The van der Waals surface area contributed by atoms with Gasteiger partial charge in [0.05, 0.1) is 17.3 Å². The fraction of sp³-hybridized carbons (Fsp3) is 0.436. The minimum Gasteiger partial charge on any atom is -0.491 e. The van der Waals surface area contributed by atoms with E-state index < -0.39 is 17.7 Å². The molecule has 0 unspecified atom stereocenters. The molecule has 9 heteroatoms. The molecule has 6 rings (SSSR count). The maximum Gasteiger partial charge on any atom is 0.407 e. The van der Waals surface area contributed by atoms with Crippen molar-refractivity contribution in [1.29, 1.82) is 0 Å². The summed E-state index contributed by atoms with van der Waals surface area (Å²) in [6.07, 6.45) is 5.08. The van der Waals surface area contributed by atoms with Gasteiger partial charge in [0, 0.05) is 48.7 Å². The van der Waals surface area contributed by atoms with E-state index in [0.717, 1.165) is 59.0 Å². The lowest BCUT2D eigenvalue weighted by atomic mass is 9.81. The number of ether oxygens (including phenoxy) is 2. The van der Waals surface area contributed by atoms with Gasteiger partial charge in [-0.25, -0.2) is 14.0 Å². The number of hydrogen-bond donors (Lipinski definition) is 2. The van der Waals surface area contributed by atoms with E-state index in [9.17, 15) is 14.7 Å². The van der Waals surface area contributed by atoms with Crippen LogP contribution in [0.3, 0.4) is 0 Å². The lowest BCUT2D eigenvalue weighted by Gasteiger charge is -2.35. The van der Waals surface area contributed by atoms with Gasteiger partial charge in [0.15, 0.2) is 0 Å². The van der Waals surface area contributed by atoms with Crippen LogP contribution in [0.15, 0.2) is 60.7 Å². The lowest BCUT2D eigenvalue weighted by Crippen LogP contribution is -2.46. The van der Waals surface area contributed by atoms with Crippen molar-refractivity contribution in [3.8, 4) is 17.0 Å². The number of carboxylic acid groups (broad SMARTS) is 1. The molecule has 1 fully saturated rings. The Morgan fingerprint density at radius 3 is 2.52 bits per heavy atom. The lowest BCUT2D eigenvalue weighted by molar-refractivity contribution is 0.0509. The molecule has 1 aromatic heterocycles. The van der Waals surface area contributed by atoms with Crippen LogP contribution in [0.2, 0.25) is 0 Å². The summed E-state index contributed by atoms with van der Waals surface area (Å²) < 4.78 is 29.4. The number of carboxylic acids is 1. The number of fused-ring (bicyclic) bond motifs is 5. The number of nitrogens with zero attached hydrogens (tertiary/aromatic N) is 2. The molecule has 0 bridgehead atoms. The van der Waals surface area contributed by atoms with Crippen LogP contribution >= 0.6 is 0 Å². The topological polar surface area (TPSA) is 93.0 Å². The van der Waals surface area contributed by atoms with Gasteiger partial charge in [0.25, 0.3) is 0 Å². The predicted octanol–water partition coefficient (Wildman–Crippen LogP) is 8.29. The monoisotopic (exact) mass is 655 g/mol. The average Bonchev–Trinajstić information content (AvgIpc) is 3.33. The quantitative estimate of drug-likeness (QED) is 0.199. The zero-order chi connectivity index (χ0) is 34.0. The fourth-order valence-electron chi connectivity index (χ4n) is 7.40. The van der Waals surface area contributed by atoms with Gasteiger partial charge in [0.2, 0.25) is 0 Å². The molecule has 3 aromatic carbocycles. The van der Waals surface area contributed by atoms with Crippen LogP contribution in [0.4, 0.5) is 9.18 Å². The Morgan fingerprint density at radius 1 is 1.06 bits per heavy atom. The molecule has 2 N–H and O–H groups in total. The highest BCUT2D eigenvalue weighted by Gasteiger charge is 2.33. The van der Waals surface area contributed by atoms with Crippen molar-refractivity contribution < 1.29 is 28.6 Å². The zero-order valence-corrected chi connectivity index (χ0v) is 28.4. The molecule has 0 saturated heterocycles. The number of aromatic carboxylic acids is 1. The number of carbonyl (C=O) groups is 2. The van der Waals surface area contributed by atoms with Crippen molar-refractivity contribution in [3.05, 3.63) is 88.7 Å². The number of carbonyl (C=O) groups excluding carboxylic acids is 1. The minimum atomic E-state index is -0.977. The van der Waals surface area contributed by atoms with Crippen molar-refractivity contribution in [2.24, 2.45) is 0 Å². The second kappa shape index (κ2) is 14.0. The Kier molecular flexibility index (Phi) is 9.78. The van der Waals surface area contributed by atoms with Gasteiger partial charge in [0.1, 0.15) is 23.8 Å². The summed E-state index contributed by atoms with van der Waals surface area (Å²) in [5.74, 6) is -0.554. The van der Waals surface area contributed by atoms with Gasteiger partial charge in [-0.3, -0.25) is 4.90 Å². The molecule has 1 aliphatic heterocycles. The molecule has 0 radical (unpaired) electrons. The first-order chi connectivity index (χ1) is 23.0. The van der Waals surface area contributed by atoms with Gasteiger partial charge < -0.3 is 24.5 Å². The van der Waals surface area contributed by atoms with E-state index in [1.54, 1.807) is 18.2 Å². The van der Waals surface area contributed by atoms with Crippen molar-refractivity contribution in [2.45, 2.75) is 90.4 Å². The van der Waals surface area contributed by atoms with Crippen LogP contribution < -0.4 is 10.1 Å². The molecule has 2 aliphatic rings. The predicted molar refractivity (Wildman–Crippen MR) is 185 cm³/mol. The molecule has 48 heavy (non-hydrogen) atoms.